The molecule has 17 heavy (non-hydrogen) atoms. The Morgan fingerprint density at radius 1 is 1.29 bits per heavy atom. The predicted molar refractivity (Wildman–Crippen MR) is 57.6 cm³/mol. The van der Waals surface area contributed by atoms with Crippen LogP contribution in [0.2, 0.25) is 0 Å². The minimum atomic E-state index is -1.25. The third kappa shape index (κ3) is 10.6. The molecule has 0 radical (unpaired) electrons. The summed E-state index contributed by atoms with van der Waals surface area (Å²) in [5.41, 5.74) is 2.11. The van der Waals surface area contributed by atoms with Crippen molar-refractivity contribution >= 4 is 41.5 Å². The molecule has 0 heterocycles. The molecule has 0 aliphatic rings. The Labute approximate surface area is 120 Å². The molecule has 0 bridgehead atoms. The van der Waals surface area contributed by atoms with Crippen LogP contribution in [0.4, 0.5) is 0 Å². The third-order valence-electron chi connectivity index (χ3n) is 1.66. The first kappa shape index (κ1) is 19.1. The molecule has 0 saturated heterocycles. The van der Waals surface area contributed by atoms with Gasteiger partial charge in [-0.15, -0.1) is 0 Å². The zero-order valence-electron chi connectivity index (χ0n) is 8.50. The Morgan fingerprint density at radius 2 is 1.88 bits per heavy atom. The number of nitrogens with one attached hydrogen (secondary N) is 1. The molecule has 9 heteroatoms. The predicted octanol–water partition coefficient (Wildman–Crippen LogP) is -2.47. The molecule has 0 rings (SSSR count). The first-order valence-electron chi connectivity index (χ1n) is 4.58. The van der Waals surface area contributed by atoms with Crippen LogP contribution in [-0.2, 0) is 14.4 Å². The van der Waals surface area contributed by atoms with Crippen LogP contribution in [0.5, 0.6) is 0 Å². The summed E-state index contributed by atoms with van der Waals surface area (Å²) in [4.78, 5) is 25.4. The summed E-state index contributed by atoms with van der Waals surface area (Å²) in [6.45, 7) is -0.790. The van der Waals surface area contributed by atoms with Crippen molar-refractivity contribution in [3.63, 3.8) is 0 Å². The monoisotopic (exact) mass is 261 g/mol. The number of rotatable bonds is 9. The second-order valence-electron chi connectivity index (χ2n) is 3.09. The molecule has 0 aliphatic carbocycles. The van der Waals surface area contributed by atoms with Gasteiger partial charge in [-0.05, 0) is 6.42 Å². The van der Waals surface area contributed by atoms with Gasteiger partial charge >= 0.3 is 41.5 Å². The average Bonchev–Trinajstić information content (AvgIpc) is 2.21. The van der Waals surface area contributed by atoms with E-state index in [1.165, 1.54) is 0 Å². The van der Waals surface area contributed by atoms with Crippen molar-refractivity contribution in [2.24, 2.45) is 0 Å². The normalized spacial score (nSPS) is 13.5. The third-order valence-corrected chi connectivity index (χ3v) is 1.66. The summed E-state index contributed by atoms with van der Waals surface area (Å²) in [5.74, 6) is -2.36. The Balaban J connectivity index is 0. The molecule has 0 aromatic heterocycles. The maximum absolute atomic E-state index is 10.6. The van der Waals surface area contributed by atoms with Gasteiger partial charge in [0.05, 0.1) is 13.2 Å². The second kappa shape index (κ2) is 10.9. The summed E-state index contributed by atoms with van der Waals surface area (Å²) in [6, 6.07) is -1.16. The standard InChI is InChI=1S/C8H15NO7.Na.H/c10-3-5(11)4-16-9-6(8(14)15)1-2-7(12)13;;/h5-6,9-11H,1-4H2,(H,12,13)(H,14,15);;/t5?,6-;;/m0../s1. The molecule has 0 amide bonds. The Kier molecular flexibility index (Phi) is 12.3. The van der Waals surface area contributed by atoms with Gasteiger partial charge in [0, 0.05) is 6.42 Å². The molecule has 0 spiro atoms. The van der Waals surface area contributed by atoms with Gasteiger partial charge in [0.25, 0.3) is 0 Å². The van der Waals surface area contributed by atoms with E-state index >= 15 is 0 Å². The van der Waals surface area contributed by atoms with E-state index < -0.39 is 30.7 Å². The van der Waals surface area contributed by atoms with Gasteiger partial charge in [0.1, 0.15) is 12.1 Å². The molecule has 0 fully saturated rings. The molecule has 2 atom stereocenters. The SMILES string of the molecule is O=C(O)CC[C@H](NOCC(O)CO)C(=O)O.[NaH]. The fourth-order valence-electron chi connectivity index (χ4n) is 0.798. The Hall–Kier alpha value is -0.220. The molecular formula is C8H16NNaO7. The summed E-state index contributed by atoms with van der Waals surface area (Å²) >= 11 is 0. The summed E-state index contributed by atoms with van der Waals surface area (Å²) < 4.78 is 0. The van der Waals surface area contributed by atoms with Crippen LogP contribution in [0.25, 0.3) is 0 Å². The zero-order valence-corrected chi connectivity index (χ0v) is 8.50. The first-order valence-corrected chi connectivity index (χ1v) is 4.58. The van der Waals surface area contributed by atoms with Crippen molar-refractivity contribution in [3.05, 3.63) is 0 Å². The first-order chi connectivity index (χ1) is 7.47. The van der Waals surface area contributed by atoms with E-state index in [4.69, 9.17) is 20.4 Å². The quantitative estimate of drug-likeness (QED) is 0.227. The van der Waals surface area contributed by atoms with Gasteiger partial charge in [0.2, 0.25) is 0 Å². The number of carbonyl (C=O) groups is 2. The van der Waals surface area contributed by atoms with Crippen LogP contribution in [0.15, 0.2) is 0 Å². The van der Waals surface area contributed by atoms with Crippen molar-refractivity contribution in [2.75, 3.05) is 13.2 Å². The fraction of sp³-hybridized carbons (Fsp3) is 0.750. The Morgan fingerprint density at radius 3 is 2.29 bits per heavy atom. The molecular weight excluding hydrogens is 245 g/mol. The molecule has 0 saturated carbocycles. The number of aliphatic hydroxyl groups excluding tert-OH is 2. The van der Waals surface area contributed by atoms with Crippen molar-refractivity contribution < 1.29 is 34.9 Å². The number of hydroxylamine groups is 1. The van der Waals surface area contributed by atoms with Crippen molar-refractivity contribution in [3.8, 4) is 0 Å². The van der Waals surface area contributed by atoms with E-state index in [1.54, 1.807) is 0 Å². The number of aliphatic carboxylic acids is 2. The molecule has 8 nitrogen and oxygen atoms in total. The zero-order chi connectivity index (χ0) is 12.6. The van der Waals surface area contributed by atoms with Crippen molar-refractivity contribution in [1.29, 1.82) is 0 Å². The maximum atomic E-state index is 10.6. The minimum absolute atomic E-state index is 0. The van der Waals surface area contributed by atoms with Gasteiger partial charge in [-0.2, -0.15) is 5.48 Å². The van der Waals surface area contributed by atoms with E-state index in [0.717, 1.165) is 0 Å². The van der Waals surface area contributed by atoms with Crippen molar-refractivity contribution in [1.82, 2.24) is 5.48 Å². The number of hydrogen-bond acceptors (Lipinski definition) is 6. The number of carboxylic acid groups (broad SMARTS) is 2. The summed E-state index contributed by atoms with van der Waals surface area (Å²) in [5, 5.41) is 34.3. The van der Waals surface area contributed by atoms with Crippen LogP contribution in [0.1, 0.15) is 12.8 Å². The van der Waals surface area contributed by atoms with Gasteiger partial charge < -0.3 is 20.4 Å². The molecule has 96 valence electrons. The number of carboxylic acids is 2. The average molecular weight is 261 g/mol. The van der Waals surface area contributed by atoms with E-state index in [2.05, 4.69) is 10.3 Å². The fourth-order valence-corrected chi connectivity index (χ4v) is 0.798. The van der Waals surface area contributed by atoms with Crippen LogP contribution in [0.3, 0.4) is 0 Å². The van der Waals surface area contributed by atoms with Gasteiger partial charge in [-0.25, -0.2) is 0 Å². The molecule has 0 aromatic carbocycles. The molecule has 0 aromatic rings. The second-order valence-corrected chi connectivity index (χ2v) is 3.09. The van der Waals surface area contributed by atoms with Gasteiger partial charge in [-0.1, -0.05) is 0 Å². The Bertz CT molecular complexity index is 238. The van der Waals surface area contributed by atoms with Crippen LogP contribution < -0.4 is 5.48 Å². The van der Waals surface area contributed by atoms with Crippen LogP contribution >= 0.6 is 0 Å². The number of hydrogen-bond donors (Lipinski definition) is 5. The molecule has 1 unspecified atom stereocenters. The van der Waals surface area contributed by atoms with Crippen LogP contribution in [-0.4, -0.2) is 87.3 Å². The topological polar surface area (TPSA) is 136 Å². The van der Waals surface area contributed by atoms with E-state index in [-0.39, 0.29) is 49.0 Å². The summed E-state index contributed by atoms with van der Waals surface area (Å²) in [7, 11) is 0. The van der Waals surface area contributed by atoms with Gasteiger partial charge in [-0.3, -0.25) is 14.4 Å². The van der Waals surface area contributed by atoms with E-state index in [0.29, 0.717) is 0 Å². The molecule has 0 aliphatic heterocycles. The van der Waals surface area contributed by atoms with E-state index in [9.17, 15) is 9.59 Å². The van der Waals surface area contributed by atoms with Gasteiger partial charge in [0.15, 0.2) is 0 Å². The van der Waals surface area contributed by atoms with Crippen LogP contribution in [0, 0.1) is 0 Å². The van der Waals surface area contributed by atoms with E-state index in [1.807, 2.05) is 0 Å². The number of aliphatic hydroxyl groups is 2. The van der Waals surface area contributed by atoms with Crippen molar-refractivity contribution in [2.45, 2.75) is 25.0 Å². The summed E-state index contributed by atoms with van der Waals surface area (Å²) in [6.07, 6.45) is -1.56. The molecule has 5 N–H and O–H groups in total.